The van der Waals surface area contributed by atoms with E-state index < -0.39 is 47.4 Å². The first-order chi connectivity index (χ1) is 25.5. The lowest BCUT2D eigenvalue weighted by molar-refractivity contribution is -0.158. The minimum absolute atomic E-state index is 0.104. The van der Waals surface area contributed by atoms with E-state index >= 15 is 0 Å². The molecule has 4 aromatic rings. The van der Waals surface area contributed by atoms with Crippen molar-refractivity contribution in [3.8, 4) is 5.75 Å². The summed E-state index contributed by atoms with van der Waals surface area (Å²) in [7, 11) is 0. The summed E-state index contributed by atoms with van der Waals surface area (Å²) in [5.41, 5.74) is 3.23. The standard InChI is InChI=1S/C22H27NO4.C21H25NO5/c1-16-10-12-17(13-11-16)14-19(20(24)27-22(2,3)4)23-21(25)26-15-18-8-6-5-7-9-18;1-21(2,3)27-19(24)18(13-15-9-11-17(23)12-10-15)22-20(25)26-14-16-7-5-4-6-8-16/h5-13,19H,14-15H2,1-4H3,(H,23,25);4-12,18,23H,13-14H2,1-3H3,(H,22,25)/t19-;18-/m00/s1. The highest BCUT2D eigenvalue weighted by Crippen LogP contribution is 2.16. The number of aromatic hydroxyl groups is 1. The van der Waals surface area contributed by atoms with Gasteiger partial charge in [0.1, 0.15) is 42.2 Å². The van der Waals surface area contributed by atoms with Crippen LogP contribution in [0.2, 0.25) is 0 Å². The van der Waals surface area contributed by atoms with Crippen LogP contribution in [0.25, 0.3) is 0 Å². The molecule has 0 heterocycles. The van der Waals surface area contributed by atoms with Crippen LogP contribution in [0, 0.1) is 6.92 Å². The number of rotatable bonds is 12. The fraction of sp³-hybridized carbons (Fsp3) is 0.349. The fourth-order valence-electron chi connectivity index (χ4n) is 4.77. The summed E-state index contributed by atoms with van der Waals surface area (Å²) >= 11 is 0. The van der Waals surface area contributed by atoms with Gasteiger partial charge in [-0.3, -0.25) is 0 Å². The molecule has 11 nitrogen and oxygen atoms in total. The number of aryl methyl sites for hydroxylation is 1. The Morgan fingerprint density at radius 3 is 1.24 bits per heavy atom. The first-order valence-electron chi connectivity index (χ1n) is 17.7. The van der Waals surface area contributed by atoms with Crippen LogP contribution < -0.4 is 10.6 Å². The molecule has 0 saturated heterocycles. The van der Waals surface area contributed by atoms with E-state index in [1.807, 2.05) is 91.9 Å². The monoisotopic (exact) mass is 740 g/mol. The van der Waals surface area contributed by atoms with E-state index in [4.69, 9.17) is 18.9 Å². The van der Waals surface area contributed by atoms with E-state index in [1.54, 1.807) is 53.7 Å². The van der Waals surface area contributed by atoms with Crippen LogP contribution in [0.3, 0.4) is 0 Å². The number of benzene rings is 4. The Balaban J connectivity index is 0.000000290. The van der Waals surface area contributed by atoms with Gasteiger partial charge in [-0.2, -0.15) is 0 Å². The molecular weight excluding hydrogens is 688 g/mol. The van der Waals surface area contributed by atoms with Crippen LogP contribution in [0.5, 0.6) is 5.75 Å². The second-order valence-corrected chi connectivity index (χ2v) is 14.6. The molecule has 4 rings (SSSR count). The molecule has 2 amide bonds. The molecule has 0 bridgehead atoms. The van der Waals surface area contributed by atoms with Gasteiger partial charge in [0, 0.05) is 12.8 Å². The van der Waals surface area contributed by atoms with Crippen molar-refractivity contribution in [2.45, 2.75) is 97.8 Å². The number of ether oxygens (including phenoxy) is 4. The van der Waals surface area contributed by atoms with Gasteiger partial charge in [-0.05, 0) is 82.9 Å². The number of phenolic OH excluding ortho intramolecular Hbond substituents is 1. The maximum absolute atomic E-state index is 12.5. The molecule has 0 radical (unpaired) electrons. The van der Waals surface area contributed by atoms with Gasteiger partial charge in [0.05, 0.1) is 0 Å². The molecule has 0 saturated carbocycles. The highest BCUT2D eigenvalue weighted by molar-refractivity contribution is 5.82. The smallest absolute Gasteiger partial charge is 0.408 e. The summed E-state index contributed by atoms with van der Waals surface area (Å²) in [5, 5.41) is 14.6. The van der Waals surface area contributed by atoms with Gasteiger partial charge in [0.2, 0.25) is 0 Å². The number of hydrogen-bond donors (Lipinski definition) is 3. The third kappa shape index (κ3) is 17.1. The number of nitrogens with one attached hydrogen (secondary N) is 2. The van der Waals surface area contributed by atoms with Crippen LogP contribution in [-0.4, -0.2) is 52.5 Å². The lowest BCUT2D eigenvalue weighted by atomic mass is 10.0. The van der Waals surface area contributed by atoms with E-state index in [0.717, 1.165) is 27.8 Å². The lowest BCUT2D eigenvalue weighted by Crippen LogP contribution is -2.45. The SMILES string of the molecule is CC(C)(C)OC(=O)[C@H](Cc1ccc(O)cc1)NC(=O)OCc1ccccc1.Cc1ccc(C[C@H](NC(=O)OCc2ccccc2)C(=O)OC(C)(C)C)cc1. The van der Waals surface area contributed by atoms with E-state index in [9.17, 15) is 24.3 Å². The van der Waals surface area contributed by atoms with Crippen LogP contribution in [0.15, 0.2) is 109 Å². The molecule has 0 fully saturated rings. The topological polar surface area (TPSA) is 149 Å². The van der Waals surface area contributed by atoms with Gasteiger partial charge in [-0.25, -0.2) is 19.2 Å². The summed E-state index contributed by atoms with van der Waals surface area (Å²) < 4.78 is 21.3. The molecular formula is C43H52N2O9. The third-order valence-electron chi connectivity index (χ3n) is 7.33. The number of carbonyl (C=O) groups excluding carboxylic acids is 4. The Morgan fingerprint density at radius 2 is 0.889 bits per heavy atom. The quantitative estimate of drug-likeness (QED) is 0.0979. The van der Waals surface area contributed by atoms with Gasteiger partial charge < -0.3 is 34.7 Å². The van der Waals surface area contributed by atoms with Crippen LogP contribution in [0.4, 0.5) is 9.59 Å². The van der Waals surface area contributed by atoms with Gasteiger partial charge in [0.15, 0.2) is 0 Å². The second-order valence-electron chi connectivity index (χ2n) is 14.6. The molecule has 0 unspecified atom stereocenters. The second kappa shape index (κ2) is 20.4. The number of hydrogen-bond acceptors (Lipinski definition) is 9. The molecule has 2 atom stereocenters. The highest BCUT2D eigenvalue weighted by atomic mass is 16.6. The Kier molecular flexibility index (Phi) is 16.1. The number of amides is 2. The van der Waals surface area contributed by atoms with Crippen molar-refractivity contribution < 1.29 is 43.2 Å². The highest BCUT2D eigenvalue weighted by Gasteiger charge is 2.29. The van der Waals surface area contributed by atoms with Crippen molar-refractivity contribution in [1.82, 2.24) is 10.6 Å². The molecule has 0 aliphatic carbocycles. The van der Waals surface area contributed by atoms with E-state index in [1.165, 1.54) is 12.1 Å². The molecule has 0 aliphatic heterocycles. The third-order valence-corrected chi connectivity index (χ3v) is 7.33. The number of alkyl carbamates (subject to hydrolysis) is 2. The molecule has 3 N–H and O–H groups in total. The average Bonchev–Trinajstić information content (AvgIpc) is 3.11. The zero-order valence-electron chi connectivity index (χ0n) is 32.1. The van der Waals surface area contributed by atoms with Crippen molar-refractivity contribution in [3.05, 3.63) is 137 Å². The summed E-state index contributed by atoms with van der Waals surface area (Å²) in [6.45, 7) is 12.9. The number of carbonyl (C=O) groups is 4. The molecule has 0 aliphatic rings. The molecule has 54 heavy (non-hydrogen) atoms. The Labute approximate surface area is 318 Å². The average molecular weight is 741 g/mol. The summed E-state index contributed by atoms with van der Waals surface area (Å²) in [5.74, 6) is -0.908. The minimum Gasteiger partial charge on any atom is -0.508 e. The molecule has 4 aromatic carbocycles. The summed E-state index contributed by atoms with van der Waals surface area (Å²) in [6, 6.07) is 31.1. The van der Waals surface area contributed by atoms with Gasteiger partial charge in [-0.15, -0.1) is 0 Å². The minimum atomic E-state index is -0.906. The normalized spacial score (nSPS) is 12.1. The maximum Gasteiger partial charge on any atom is 0.408 e. The Morgan fingerprint density at radius 1 is 0.537 bits per heavy atom. The predicted molar refractivity (Wildman–Crippen MR) is 205 cm³/mol. The van der Waals surface area contributed by atoms with Crippen LogP contribution >= 0.6 is 0 Å². The van der Waals surface area contributed by atoms with Crippen molar-refractivity contribution in [1.29, 1.82) is 0 Å². The number of esters is 2. The molecule has 0 spiro atoms. The van der Waals surface area contributed by atoms with Crippen molar-refractivity contribution in [2.75, 3.05) is 0 Å². The number of phenols is 1. The predicted octanol–water partition coefficient (Wildman–Crippen LogP) is 7.75. The van der Waals surface area contributed by atoms with Crippen molar-refractivity contribution >= 4 is 24.1 Å². The van der Waals surface area contributed by atoms with E-state index in [0.29, 0.717) is 6.42 Å². The first kappa shape index (κ1) is 42.6. The van der Waals surface area contributed by atoms with Gasteiger partial charge in [-0.1, -0.05) is 103 Å². The van der Waals surface area contributed by atoms with E-state index in [-0.39, 0.29) is 25.4 Å². The largest absolute Gasteiger partial charge is 0.508 e. The van der Waals surface area contributed by atoms with E-state index in [2.05, 4.69) is 10.6 Å². The zero-order valence-corrected chi connectivity index (χ0v) is 32.1. The summed E-state index contributed by atoms with van der Waals surface area (Å²) in [4.78, 5) is 49.4. The Hall–Kier alpha value is -5.84. The van der Waals surface area contributed by atoms with Crippen molar-refractivity contribution in [2.24, 2.45) is 0 Å². The molecule has 288 valence electrons. The lowest BCUT2D eigenvalue weighted by Gasteiger charge is -2.24. The molecule has 0 aromatic heterocycles. The first-order valence-corrected chi connectivity index (χ1v) is 17.7. The van der Waals surface area contributed by atoms with Crippen LogP contribution in [-0.2, 0) is 54.6 Å². The maximum atomic E-state index is 12.5. The van der Waals surface area contributed by atoms with Gasteiger partial charge in [0.25, 0.3) is 0 Å². The van der Waals surface area contributed by atoms with Gasteiger partial charge >= 0.3 is 24.1 Å². The zero-order chi connectivity index (χ0) is 39.7. The summed E-state index contributed by atoms with van der Waals surface area (Å²) in [6.07, 6.45) is -0.805. The Bertz CT molecular complexity index is 1630. The van der Waals surface area contributed by atoms with Crippen LogP contribution in [0.1, 0.15) is 69.4 Å². The van der Waals surface area contributed by atoms with Crippen molar-refractivity contribution in [3.63, 3.8) is 0 Å². The fourth-order valence-corrected chi connectivity index (χ4v) is 4.77. The molecule has 11 heteroatoms.